The maximum Gasteiger partial charge on any atom is 0.255 e. The number of anilines is 1. The summed E-state index contributed by atoms with van der Waals surface area (Å²) in [5, 5.41) is 15.2. The van der Waals surface area contributed by atoms with Gasteiger partial charge in [-0.15, -0.1) is 0 Å². The average molecular weight is 571 g/mol. The number of carbonyl (C=O) groups is 2. The highest BCUT2D eigenvalue weighted by molar-refractivity contribution is 7.92. The van der Waals surface area contributed by atoms with Gasteiger partial charge in [-0.25, -0.2) is 21.6 Å². The Hall–Kier alpha value is -2.89. The molecule has 2 saturated carbocycles. The molecule has 7 nitrogen and oxygen atoms in total. The summed E-state index contributed by atoms with van der Waals surface area (Å²) in [7, 11) is -4.05. The summed E-state index contributed by atoms with van der Waals surface area (Å²) in [6.07, 6.45) is 4.42. The second-order valence-corrected chi connectivity index (χ2v) is 12.3. The molecule has 0 aromatic heterocycles. The summed E-state index contributed by atoms with van der Waals surface area (Å²) in [5.74, 6) is -6.61. The molecule has 2 aromatic carbocycles. The molecule has 0 saturated heterocycles. The first-order valence-electron chi connectivity index (χ1n) is 12.0. The number of aliphatic hydroxyl groups is 1. The van der Waals surface area contributed by atoms with Crippen molar-refractivity contribution in [2.45, 2.75) is 48.4 Å². The predicted molar refractivity (Wildman–Crippen MR) is 135 cm³/mol. The summed E-state index contributed by atoms with van der Waals surface area (Å²) in [5.41, 5.74) is -1.72. The minimum Gasteiger partial charge on any atom is -0.387 e. The van der Waals surface area contributed by atoms with Crippen molar-refractivity contribution in [3.8, 4) is 0 Å². The zero-order valence-corrected chi connectivity index (χ0v) is 21.9. The standard InChI is InChI=1S/C26H26ClF3N2O5S/c1-2-3-23(33)31-13-26(35)15-5-6-16(26)10-18(9-15)38(36,37)22-8-14(4-7-19(22)27)25(34)32-17-11-20(28)24(30)21(29)12-17/h2-4,7-8,11-12,15-16,18,35H,5-6,9-10,13H2,1H3,(H,31,33)(H,32,34)/b3-2+/t15-,16?,18?,26?/m0/s1. The van der Waals surface area contributed by atoms with E-state index in [1.54, 1.807) is 13.0 Å². The van der Waals surface area contributed by atoms with Gasteiger partial charge in [0.2, 0.25) is 5.91 Å². The van der Waals surface area contributed by atoms with Crippen molar-refractivity contribution >= 4 is 38.9 Å². The third kappa shape index (κ3) is 5.32. The molecule has 204 valence electrons. The van der Waals surface area contributed by atoms with Crippen LogP contribution in [0, 0.1) is 29.3 Å². The minimum atomic E-state index is -4.05. The summed E-state index contributed by atoms with van der Waals surface area (Å²) in [4.78, 5) is 24.3. The maximum absolute atomic E-state index is 13.6. The van der Waals surface area contributed by atoms with Crippen molar-refractivity contribution in [1.29, 1.82) is 0 Å². The molecule has 2 aliphatic rings. The molecule has 2 aliphatic carbocycles. The van der Waals surface area contributed by atoms with Gasteiger partial charge in [-0.1, -0.05) is 17.7 Å². The third-order valence-corrected chi connectivity index (χ3v) is 10.1. The van der Waals surface area contributed by atoms with Crippen molar-refractivity contribution in [3.63, 3.8) is 0 Å². The zero-order chi connectivity index (χ0) is 27.8. The Balaban J connectivity index is 1.54. The quantitative estimate of drug-likeness (QED) is 0.337. The van der Waals surface area contributed by atoms with Gasteiger partial charge in [0.15, 0.2) is 27.3 Å². The maximum atomic E-state index is 13.6. The second-order valence-electron chi connectivity index (χ2n) is 9.67. The van der Waals surface area contributed by atoms with Gasteiger partial charge in [-0.2, -0.15) is 0 Å². The van der Waals surface area contributed by atoms with E-state index in [0.717, 1.165) is 6.07 Å². The van der Waals surface area contributed by atoms with Crippen molar-refractivity contribution in [1.82, 2.24) is 5.32 Å². The van der Waals surface area contributed by atoms with Crippen LogP contribution in [-0.2, 0) is 14.6 Å². The van der Waals surface area contributed by atoms with Crippen LogP contribution in [0.4, 0.5) is 18.9 Å². The Morgan fingerprint density at radius 1 is 1.11 bits per heavy atom. The number of sulfone groups is 1. The Bertz CT molecular complexity index is 1380. The van der Waals surface area contributed by atoms with Gasteiger partial charge >= 0.3 is 0 Å². The number of benzene rings is 2. The second kappa shape index (κ2) is 10.7. The van der Waals surface area contributed by atoms with E-state index < -0.39 is 44.0 Å². The molecule has 0 spiro atoms. The van der Waals surface area contributed by atoms with Crippen LogP contribution >= 0.6 is 11.6 Å². The summed E-state index contributed by atoms with van der Waals surface area (Å²) in [6, 6.07) is 4.78. The Morgan fingerprint density at radius 3 is 2.29 bits per heavy atom. The monoisotopic (exact) mass is 570 g/mol. The van der Waals surface area contributed by atoms with Crippen molar-refractivity contribution < 1.29 is 36.3 Å². The number of halogens is 4. The van der Waals surface area contributed by atoms with Gasteiger partial charge in [-0.05, 0) is 68.7 Å². The van der Waals surface area contributed by atoms with Gasteiger partial charge in [0.1, 0.15) is 0 Å². The average Bonchev–Trinajstić information content (AvgIpc) is 3.02. The smallest absolute Gasteiger partial charge is 0.255 e. The van der Waals surface area contributed by atoms with Gasteiger partial charge in [0.25, 0.3) is 5.91 Å². The van der Waals surface area contributed by atoms with E-state index >= 15 is 0 Å². The number of hydrogen-bond acceptors (Lipinski definition) is 5. The van der Waals surface area contributed by atoms with Crippen LogP contribution in [0.5, 0.6) is 0 Å². The van der Waals surface area contributed by atoms with E-state index in [1.807, 2.05) is 0 Å². The lowest BCUT2D eigenvalue weighted by molar-refractivity contribution is -0.119. The molecule has 4 atom stereocenters. The van der Waals surface area contributed by atoms with E-state index in [-0.39, 0.29) is 58.3 Å². The van der Waals surface area contributed by atoms with Crippen molar-refractivity contribution in [3.05, 3.63) is 70.5 Å². The number of rotatable bonds is 7. The molecular formula is C26H26ClF3N2O5S. The molecule has 2 amide bonds. The molecule has 2 fully saturated rings. The van der Waals surface area contributed by atoms with E-state index in [4.69, 9.17) is 11.6 Å². The Labute approximate surface area is 223 Å². The van der Waals surface area contributed by atoms with Crippen LogP contribution in [0.2, 0.25) is 5.02 Å². The summed E-state index contributed by atoms with van der Waals surface area (Å²) >= 11 is 6.23. The topological polar surface area (TPSA) is 113 Å². The fraction of sp³-hybridized carbons (Fsp3) is 0.385. The van der Waals surface area contributed by atoms with Crippen molar-refractivity contribution in [2.75, 3.05) is 11.9 Å². The minimum absolute atomic E-state index is 0.0132. The fourth-order valence-electron chi connectivity index (χ4n) is 5.46. The van der Waals surface area contributed by atoms with Crippen LogP contribution in [-0.4, -0.2) is 42.7 Å². The van der Waals surface area contributed by atoms with Crippen LogP contribution < -0.4 is 10.6 Å². The first-order valence-corrected chi connectivity index (χ1v) is 13.9. The van der Waals surface area contributed by atoms with Crippen molar-refractivity contribution in [2.24, 2.45) is 11.8 Å². The van der Waals surface area contributed by atoms with Gasteiger partial charge in [-0.3, -0.25) is 9.59 Å². The van der Waals surface area contributed by atoms with E-state index in [1.165, 1.54) is 18.2 Å². The fourth-order valence-corrected chi connectivity index (χ4v) is 7.87. The third-order valence-electron chi connectivity index (χ3n) is 7.42. The van der Waals surface area contributed by atoms with E-state index in [9.17, 15) is 36.3 Å². The zero-order valence-electron chi connectivity index (χ0n) is 20.3. The highest BCUT2D eigenvalue weighted by Gasteiger charge is 2.55. The Morgan fingerprint density at radius 2 is 1.71 bits per heavy atom. The predicted octanol–water partition coefficient (Wildman–Crippen LogP) is 4.40. The molecule has 3 unspecified atom stereocenters. The molecule has 12 heteroatoms. The molecule has 3 N–H and O–H groups in total. The SMILES string of the molecule is C/C=C/C(=O)NCC1(O)C2CC[C@H]1CC(S(=O)(=O)c1cc(C(=O)Nc3cc(F)c(F)c(F)c3)ccc1Cl)C2. The van der Waals surface area contributed by atoms with Crippen LogP contribution in [0.3, 0.4) is 0 Å². The number of nitrogens with one attached hydrogen (secondary N) is 2. The molecular weight excluding hydrogens is 545 g/mol. The number of fused-ring (bicyclic) bond motifs is 2. The summed E-state index contributed by atoms with van der Waals surface area (Å²) in [6.45, 7) is 1.71. The largest absolute Gasteiger partial charge is 0.387 e. The van der Waals surface area contributed by atoms with E-state index in [2.05, 4.69) is 10.6 Å². The molecule has 38 heavy (non-hydrogen) atoms. The van der Waals surface area contributed by atoms with Gasteiger partial charge in [0, 0.05) is 29.9 Å². The normalized spacial score (nSPS) is 24.9. The molecule has 0 radical (unpaired) electrons. The number of amides is 2. The highest BCUT2D eigenvalue weighted by Crippen LogP contribution is 2.52. The van der Waals surface area contributed by atoms with Crippen LogP contribution in [0.15, 0.2) is 47.4 Å². The van der Waals surface area contributed by atoms with E-state index in [0.29, 0.717) is 25.0 Å². The van der Waals surface area contributed by atoms with Gasteiger partial charge < -0.3 is 15.7 Å². The van der Waals surface area contributed by atoms with Crippen LogP contribution in [0.1, 0.15) is 43.0 Å². The van der Waals surface area contributed by atoms with Gasteiger partial charge in [0.05, 0.1) is 20.8 Å². The lowest BCUT2D eigenvalue weighted by Gasteiger charge is -2.42. The number of carbonyl (C=O) groups excluding carboxylic acids is 2. The molecule has 2 aromatic rings. The first kappa shape index (κ1) is 28.1. The summed E-state index contributed by atoms with van der Waals surface area (Å²) < 4.78 is 67.5. The molecule has 0 aliphatic heterocycles. The molecule has 4 rings (SSSR count). The van der Waals surface area contributed by atoms with Crippen LogP contribution in [0.25, 0.3) is 0 Å². The highest BCUT2D eigenvalue weighted by atomic mass is 35.5. The lowest BCUT2D eigenvalue weighted by Crippen LogP contribution is -2.54. The molecule has 2 bridgehead atoms. The first-order chi connectivity index (χ1) is 17.9. The lowest BCUT2D eigenvalue weighted by atomic mass is 9.74. The molecule has 0 heterocycles. The Kier molecular flexibility index (Phi) is 7.92. The number of hydrogen-bond donors (Lipinski definition) is 3. The number of allylic oxidation sites excluding steroid dienone is 1.